The van der Waals surface area contributed by atoms with Crippen molar-refractivity contribution in [2.24, 2.45) is 0 Å². The largest absolute Gasteiger partial charge is 0.480 e. The number of amides is 1. The molecule has 0 bridgehead atoms. The van der Waals surface area contributed by atoms with Gasteiger partial charge in [0.2, 0.25) is 5.91 Å². The van der Waals surface area contributed by atoms with Gasteiger partial charge in [0.15, 0.2) is 0 Å². The van der Waals surface area contributed by atoms with Crippen LogP contribution in [0.1, 0.15) is 26.7 Å². The van der Waals surface area contributed by atoms with Crippen LogP contribution in [0.5, 0.6) is 0 Å². The van der Waals surface area contributed by atoms with Crippen LogP contribution in [0.3, 0.4) is 0 Å². The summed E-state index contributed by atoms with van der Waals surface area (Å²) < 4.78 is 0. The fourth-order valence-electron chi connectivity index (χ4n) is 1.32. The number of hydrogen-bond donors (Lipinski definition) is 1. The number of nitrogens with zero attached hydrogens (tertiary/aromatic N) is 1. The van der Waals surface area contributed by atoms with Crippen molar-refractivity contribution in [2.45, 2.75) is 38.8 Å². The van der Waals surface area contributed by atoms with Gasteiger partial charge in [-0.15, -0.1) is 0 Å². The molecule has 0 aromatic heterocycles. The van der Waals surface area contributed by atoms with E-state index < -0.39 is 12.0 Å². The summed E-state index contributed by atoms with van der Waals surface area (Å²) in [6, 6.07) is -0.511. The van der Waals surface area contributed by atoms with Gasteiger partial charge in [0, 0.05) is 13.0 Å². The van der Waals surface area contributed by atoms with Crippen molar-refractivity contribution in [3.05, 3.63) is 0 Å². The molecule has 1 N–H and O–H groups in total. The summed E-state index contributed by atoms with van der Waals surface area (Å²) in [5.74, 6) is -1.08. The Hall–Kier alpha value is -1.06. The molecule has 0 spiro atoms. The number of aliphatic carboxylic acids is 1. The highest BCUT2D eigenvalue weighted by atomic mass is 16.4. The molecule has 4 heteroatoms. The van der Waals surface area contributed by atoms with E-state index in [0.29, 0.717) is 0 Å². The van der Waals surface area contributed by atoms with Gasteiger partial charge in [-0.2, -0.15) is 0 Å². The molecular formula is C8H13NO3. The lowest BCUT2D eigenvalue weighted by Gasteiger charge is -2.24. The Morgan fingerprint density at radius 1 is 1.50 bits per heavy atom. The summed E-state index contributed by atoms with van der Waals surface area (Å²) in [5, 5.41) is 8.68. The smallest absolute Gasteiger partial charge is 0.326 e. The fraction of sp³-hybridized carbons (Fsp3) is 0.750. The van der Waals surface area contributed by atoms with Crippen LogP contribution in [-0.2, 0) is 9.59 Å². The van der Waals surface area contributed by atoms with Crippen molar-refractivity contribution in [3.63, 3.8) is 0 Å². The molecule has 0 aliphatic heterocycles. The average Bonchev–Trinajstić information content (AvgIpc) is 2.70. The van der Waals surface area contributed by atoms with Crippen molar-refractivity contribution in [2.75, 3.05) is 0 Å². The van der Waals surface area contributed by atoms with E-state index in [1.54, 1.807) is 6.92 Å². The van der Waals surface area contributed by atoms with Crippen LogP contribution < -0.4 is 0 Å². The van der Waals surface area contributed by atoms with Crippen LogP contribution >= 0.6 is 0 Å². The number of carboxylic acid groups (broad SMARTS) is 1. The van der Waals surface area contributed by atoms with E-state index >= 15 is 0 Å². The molecule has 1 fully saturated rings. The first-order valence-corrected chi connectivity index (χ1v) is 4.05. The first-order chi connectivity index (χ1) is 5.54. The fourth-order valence-corrected chi connectivity index (χ4v) is 1.32. The second-order valence-corrected chi connectivity index (χ2v) is 3.17. The molecule has 1 rings (SSSR count). The Morgan fingerprint density at radius 2 is 2.00 bits per heavy atom. The standard InChI is InChI=1S/C8H13NO3/c1-5(8(11)12)9(6(2)10)7-3-4-7/h5,7H,3-4H2,1-2H3,(H,11,12). The number of carbonyl (C=O) groups is 2. The van der Waals surface area contributed by atoms with Crippen molar-refractivity contribution in [1.82, 2.24) is 4.90 Å². The molecule has 1 amide bonds. The minimum Gasteiger partial charge on any atom is -0.480 e. The Balaban J connectivity index is 2.64. The predicted molar refractivity (Wildman–Crippen MR) is 42.6 cm³/mol. The molecule has 1 unspecified atom stereocenters. The minimum atomic E-state index is -0.933. The first-order valence-electron chi connectivity index (χ1n) is 4.05. The highest BCUT2D eigenvalue weighted by Crippen LogP contribution is 2.28. The lowest BCUT2D eigenvalue weighted by Crippen LogP contribution is -2.43. The average molecular weight is 171 g/mol. The van der Waals surface area contributed by atoms with Crippen molar-refractivity contribution >= 4 is 11.9 Å². The summed E-state index contributed by atoms with van der Waals surface area (Å²) in [6.07, 6.45) is 1.88. The molecular weight excluding hydrogens is 158 g/mol. The lowest BCUT2D eigenvalue weighted by atomic mass is 10.2. The second-order valence-electron chi connectivity index (χ2n) is 3.17. The summed E-state index contributed by atoms with van der Waals surface area (Å²) in [7, 11) is 0. The molecule has 0 aromatic rings. The number of rotatable bonds is 3. The Kier molecular flexibility index (Phi) is 2.35. The van der Waals surface area contributed by atoms with E-state index in [1.807, 2.05) is 0 Å². The SMILES string of the molecule is CC(=O)N(C1CC1)C(C)C(=O)O. The summed E-state index contributed by atoms with van der Waals surface area (Å²) in [4.78, 5) is 23.1. The predicted octanol–water partition coefficient (Wildman–Crippen LogP) is 0.470. The van der Waals surface area contributed by atoms with Gasteiger partial charge in [-0.05, 0) is 19.8 Å². The van der Waals surface area contributed by atoms with Crippen molar-refractivity contribution < 1.29 is 14.7 Å². The third-order valence-corrected chi connectivity index (χ3v) is 2.08. The van der Waals surface area contributed by atoms with Crippen molar-refractivity contribution in [1.29, 1.82) is 0 Å². The van der Waals surface area contributed by atoms with Crippen molar-refractivity contribution in [3.8, 4) is 0 Å². The molecule has 68 valence electrons. The zero-order valence-electron chi connectivity index (χ0n) is 7.28. The molecule has 1 saturated carbocycles. The number of hydrogen-bond acceptors (Lipinski definition) is 2. The van der Waals surface area contributed by atoms with Gasteiger partial charge in [-0.1, -0.05) is 0 Å². The number of carbonyl (C=O) groups excluding carboxylic acids is 1. The minimum absolute atomic E-state index is 0.146. The molecule has 1 aliphatic rings. The lowest BCUT2D eigenvalue weighted by molar-refractivity contribution is -0.149. The summed E-state index contributed by atoms with van der Waals surface area (Å²) >= 11 is 0. The molecule has 4 nitrogen and oxygen atoms in total. The second kappa shape index (κ2) is 3.13. The maximum atomic E-state index is 11.0. The molecule has 0 saturated heterocycles. The quantitative estimate of drug-likeness (QED) is 0.671. The maximum absolute atomic E-state index is 11.0. The maximum Gasteiger partial charge on any atom is 0.326 e. The van der Waals surface area contributed by atoms with Crippen LogP contribution in [0.4, 0.5) is 0 Å². The zero-order chi connectivity index (χ0) is 9.30. The number of carboxylic acids is 1. The van der Waals surface area contributed by atoms with Crippen LogP contribution in [-0.4, -0.2) is 34.0 Å². The van der Waals surface area contributed by atoms with Gasteiger partial charge >= 0.3 is 5.97 Å². The molecule has 1 atom stereocenters. The summed E-state index contributed by atoms with van der Waals surface area (Å²) in [5.41, 5.74) is 0. The summed E-state index contributed by atoms with van der Waals surface area (Å²) in [6.45, 7) is 2.96. The van der Waals surface area contributed by atoms with Gasteiger partial charge in [-0.25, -0.2) is 4.79 Å². The van der Waals surface area contributed by atoms with E-state index in [2.05, 4.69) is 0 Å². The molecule has 12 heavy (non-hydrogen) atoms. The highest BCUT2D eigenvalue weighted by molar-refractivity contribution is 5.82. The Labute approximate surface area is 71.2 Å². The third kappa shape index (κ3) is 1.75. The topological polar surface area (TPSA) is 57.6 Å². The van der Waals surface area contributed by atoms with Crippen LogP contribution in [0.15, 0.2) is 0 Å². The van der Waals surface area contributed by atoms with Gasteiger partial charge < -0.3 is 10.0 Å². The Morgan fingerprint density at radius 3 is 2.25 bits per heavy atom. The molecule has 0 radical (unpaired) electrons. The molecule has 0 heterocycles. The van der Waals surface area contributed by atoms with Crippen LogP contribution in [0, 0.1) is 0 Å². The van der Waals surface area contributed by atoms with E-state index in [9.17, 15) is 9.59 Å². The van der Waals surface area contributed by atoms with E-state index in [-0.39, 0.29) is 11.9 Å². The highest BCUT2D eigenvalue weighted by Gasteiger charge is 2.36. The van der Waals surface area contributed by atoms with E-state index in [4.69, 9.17) is 5.11 Å². The molecule has 1 aliphatic carbocycles. The molecule has 0 aromatic carbocycles. The van der Waals surface area contributed by atoms with E-state index in [1.165, 1.54) is 11.8 Å². The third-order valence-electron chi connectivity index (χ3n) is 2.08. The van der Waals surface area contributed by atoms with Crippen LogP contribution in [0.2, 0.25) is 0 Å². The van der Waals surface area contributed by atoms with Gasteiger partial charge in [0.25, 0.3) is 0 Å². The first kappa shape index (κ1) is 9.03. The van der Waals surface area contributed by atoms with E-state index in [0.717, 1.165) is 12.8 Å². The van der Waals surface area contributed by atoms with Gasteiger partial charge in [0.1, 0.15) is 6.04 Å². The van der Waals surface area contributed by atoms with Gasteiger partial charge in [-0.3, -0.25) is 4.79 Å². The zero-order valence-corrected chi connectivity index (χ0v) is 7.28. The van der Waals surface area contributed by atoms with Crippen LogP contribution in [0.25, 0.3) is 0 Å². The Bertz CT molecular complexity index is 210. The van der Waals surface area contributed by atoms with Gasteiger partial charge in [0.05, 0.1) is 0 Å². The normalized spacial score (nSPS) is 18.5. The monoisotopic (exact) mass is 171 g/mol.